The van der Waals surface area contributed by atoms with E-state index in [0.717, 1.165) is 32.1 Å². The van der Waals surface area contributed by atoms with E-state index in [1.54, 1.807) is 5.57 Å². The number of rotatable bonds is 3. The number of carbonyl (C=O) groups excluding carboxylic acids is 1. The molecule has 3 fully saturated rings. The van der Waals surface area contributed by atoms with Crippen molar-refractivity contribution in [2.75, 3.05) is 11.9 Å². The van der Waals surface area contributed by atoms with E-state index in [1.165, 1.54) is 54.5 Å². The molecule has 0 bridgehead atoms. The predicted octanol–water partition coefficient (Wildman–Crippen LogP) is 6.06. The zero-order chi connectivity index (χ0) is 25.6. The van der Waals surface area contributed by atoms with Gasteiger partial charge < -0.3 is 15.5 Å². The van der Waals surface area contributed by atoms with Gasteiger partial charge in [0.05, 0.1) is 0 Å². The fourth-order valence-electron chi connectivity index (χ4n) is 8.65. The van der Waals surface area contributed by atoms with Crippen molar-refractivity contribution in [2.45, 2.75) is 102 Å². The van der Waals surface area contributed by atoms with Crippen LogP contribution in [-0.4, -0.2) is 34.2 Å². The van der Waals surface area contributed by atoms with Crippen LogP contribution < -0.4 is 5.32 Å². The van der Waals surface area contributed by atoms with Crippen LogP contribution in [0.3, 0.4) is 0 Å². The third-order valence-electron chi connectivity index (χ3n) is 10.5. The zero-order valence-corrected chi connectivity index (χ0v) is 22.2. The molecule has 0 amide bonds. The average molecular weight is 500 g/mol. The summed E-state index contributed by atoms with van der Waals surface area (Å²) >= 11 is 0. The van der Waals surface area contributed by atoms with E-state index in [-0.39, 0.29) is 23.7 Å². The van der Waals surface area contributed by atoms with Crippen molar-refractivity contribution < 1.29 is 15.0 Å². The van der Waals surface area contributed by atoms with Gasteiger partial charge in [0.15, 0.2) is 5.78 Å². The smallest absolute Gasteiger partial charge is 0.156 e. The molecule has 37 heavy (non-hydrogen) atoms. The van der Waals surface area contributed by atoms with E-state index in [4.69, 9.17) is 0 Å². The highest BCUT2D eigenvalue weighted by Gasteiger charge is 2.62. The van der Waals surface area contributed by atoms with Gasteiger partial charge in [-0.3, -0.25) is 4.79 Å². The topological polar surface area (TPSA) is 69.6 Å². The van der Waals surface area contributed by atoms with Crippen LogP contribution in [0.25, 0.3) is 0 Å². The Hall–Kier alpha value is -2.35. The molecule has 4 nitrogen and oxygen atoms in total. The molecule has 6 rings (SSSR count). The number of benzene rings is 1. The van der Waals surface area contributed by atoms with Crippen LogP contribution in [0, 0.1) is 29.1 Å². The molecule has 0 spiro atoms. The van der Waals surface area contributed by atoms with Crippen molar-refractivity contribution in [3.8, 4) is 11.8 Å². The molecule has 196 valence electrons. The summed E-state index contributed by atoms with van der Waals surface area (Å²) in [7, 11) is 0. The first kappa shape index (κ1) is 25.0. The maximum Gasteiger partial charge on any atom is 0.156 e. The summed E-state index contributed by atoms with van der Waals surface area (Å²) in [6.07, 6.45) is 14.4. The lowest BCUT2D eigenvalue weighted by Gasteiger charge is -2.53. The molecule has 4 unspecified atom stereocenters. The minimum absolute atomic E-state index is 0.211. The Morgan fingerprint density at radius 1 is 1.03 bits per heavy atom. The molecule has 5 aliphatic carbocycles. The van der Waals surface area contributed by atoms with Crippen LogP contribution >= 0.6 is 0 Å². The molecule has 0 radical (unpaired) electrons. The number of ketones is 1. The Bertz CT molecular complexity index is 1180. The van der Waals surface area contributed by atoms with Crippen molar-refractivity contribution in [1.29, 1.82) is 0 Å². The highest BCUT2D eigenvalue weighted by molar-refractivity contribution is 5.93. The standard InChI is InChI=1S/C33H41NO3/c1-32-21-29(22-8-11-25(12-9-22)34-24-6-3-2-4-7-24)31-27-15-13-26(36)20-23(27)10-14-28(31)30(32)16-18-33(32,37)17-5-19-35/h8-9,11-12,20,24,28-30,34-35,37H,2-4,6-7,10,13-16,18-19,21H2,1H3/t28?,29?,30?,32?,33-/m0/s1. The Labute approximate surface area is 221 Å². The SMILES string of the molecule is CC12CC(c3ccc(NC4CCCCC4)cc3)C3=C4CCC(=O)C=C4CCC3C1CC[C@@]2(O)C#CCO. The van der Waals surface area contributed by atoms with Crippen molar-refractivity contribution in [3.63, 3.8) is 0 Å². The number of carbonyl (C=O) groups is 1. The largest absolute Gasteiger partial charge is 0.384 e. The van der Waals surface area contributed by atoms with Crippen LogP contribution in [-0.2, 0) is 4.79 Å². The molecule has 3 N–H and O–H groups in total. The maximum atomic E-state index is 12.3. The Morgan fingerprint density at radius 2 is 1.81 bits per heavy atom. The Kier molecular flexibility index (Phi) is 6.58. The molecule has 0 aliphatic heterocycles. The minimum atomic E-state index is -1.07. The molecule has 0 aromatic heterocycles. The monoisotopic (exact) mass is 499 g/mol. The van der Waals surface area contributed by atoms with Crippen molar-refractivity contribution in [3.05, 3.63) is 52.6 Å². The number of nitrogens with one attached hydrogen (secondary N) is 1. The molecular formula is C33H41NO3. The summed E-state index contributed by atoms with van der Waals surface area (Å²) in [5.41, 5.74) is 5.34. The normalized spacial score (nSPS) is 35.6. The second kappa shape index (κ2) is 9.75. The maximum absolute atomic E-state index is 12.3. The third kappa shape index (κ3) is 4.29. The van der Waals surface area contributed by atoms with Crippen molar-refractivity contribution in [2.24, 2.45) is 17.3 Å². The lowest BCUT2D eigenvalue weighted by Crippen LogP contribution is -2.51. The van der Waals surface area contributed by atoms with Crippen molar-refractivity contribution >= 4 is 11.5 Å². The fourth-order valence-corrected chi connectivity index (χ4v) is 8.65. The van der Waals surface area contributed by atoms with Gasteiger partial charge in [-0.15, -0.1) is 0 Å². The Balaban J connectivity index is 1.39. The van der Waals surface area contributed by atoms with E-state index in [1.807, 2.05) is 6.08 Å². The molecule has 1 aromatic carbocycles. The first-order valence-electron chi connectivity index (χ1n) is 14.6. The van der Waals surface area contributed by atoms with Crippen LogP contribution in [0.4, 0.5) is 5.69 Å². The van der Waals surface area contributed by atoms with E-state index >= 15 is 0 Å². The molecule has 5 atom stereocenters. The number of aliphatic hydroxyl groups is 2. The second-order valence-electron chi connectivity index (χ2n) is 12.5. The predicted molar refractivity (Wildman–Crippen MR) is 147 cm³/mol. The third-order valence-corrected chi connectivity index (χ3v) is 10.5. The van der Waals surface area contributed by atoms with Gasteiger partial charge in [0, 0.05) is 29.5 Å². The van der Waals surface area contributed by atoms with E-state index in [2.05, 4.69) is 48.3 Å². The molecule has 3 saturated carbocycles. The number of hydrogen-bond donors (Lipinski definition) is 3. The van der Waals surface area contributed by atoms with Crippen LogP contribution in [0.5, 0.6) is 0 Å². The molecule has 0 saturated heterocycles. The summed E-state index contributed by atoms with van der Waals surface area (Å²) in [6, 6.07) is 9.66. The Morgan fingerprint density at radius 3 is 2.57 bits per heavy atom. The number of allylic oxidation sites excluding steroid dienone is 4. The summed E-state index contributed by atoms with van der Waals surface area (Å²) < 4.78 is 0. The van der Waals surface area contributed by atoms with Crippen LogP contribution in [0.2, 0.25) is 0 Å². The van der Waals surface area contributed by atoms with E-state index in [9.17, 15) is 15.0 Å². The van der Waals surface area contributed by atoms with Gasteiger partial charge in [-0.2, -0.15) is 0 Å². The van der Waals surface area contributed by atoms with Gasteiger partial charge in [0.2, 0.25) is 0 Å². The summed E-state index contributed by atoms with van der Waals surface area (Å²) in [4.78, 5) is 12.3. The average Bonchev–Trinajstić information content (AvgIpc) is 3.18. The second-order valence-corrected chi connectivity index (χ2v) is 12.5. The van der Waals surface area contributed by atoms with Gasteiger partial charge in [-0.1, -0.05) is 55.7 Å². The number of fused-ring (bicyclic) bond motifs is 4. The quantitative estimate of drug-likeness (QED) is 0.442. The van der Waals surface area contributed by atoms with Gasteiger partial charge in [0.25, 0.3) is 0 Å². The number of aliphatic hydroxyl groups excluding tert-OH is 1. The van der Waals surface area contributed by atoms with Crippen LogP contribution in [0.15, 0.2) is 47.1 Å². The van der Waals surface area contributed by atoms with Crippen molar-refractivity contribution in [1.82, 2.24) is 0 Å². The van der Waals surface area contributed by atoms with Gasteiger partial charge >= 0.3 is 0 Å². The molecule has 1 aromatic rings. The van der Waals surface area contributed by atoms with E-state index in [0.29, 0.717) is 30.7 Å². The van der Waals surface area contributed by atoms with Gasteiger partial charge in [-0.05, 0) is 98.1 Å². The highest BCUT2D eigenvalue weighted by Crippen LogP contribution is 2.66. The summed E-state index contributed by atoms with van der Waals surface area (Å²) in [5, 5.41) is 25.0. The molecular weight excluding hydrogens is 458 g/mol. The molecule has 0 heterocycles. The molecule has 5 aliphatic rings. The zero-order valence-electron chi connectivity index (χ0n) is 22.2. The van der Waals surface area contributed by atoms with Crippen LogP contribution in [0.1, 0.15) is 95.5 Å². The lowest BCUT2D eigenvalue weighted by molar-refractivity contribution is -0.114. The fraction of sp³-hybridized carbons (Fsp3) is 0.606. The first-order valence-corrected chi connectivity index (χ1v) is 14.6. The highest BCUT2D eigenvalue weighted by atomic mass is 16.3. The number of anilines is 1. The summed E-state index contributed by atoms with van der Waals surface area (Å²) in [5.74, 6) is 7.16. The first-order chi connectivity index (χ1) is 17.9. The molecule has 4 heteroatoms. The van der Waals surface area contributed by atoms with Gasteiger partial charge in [0.1, 0.15) is 12.2 Å². The lowest BCUT2D eigenvalue weighted by atomic mass is 9.51. The summed E-state index contributed by atoms with van der Waals surface area (Å²) in [6.45, 7) is 2.03. The number of hydrogen-bond acceptors (Lipinski definition) is 4. The minimum Gasteiger partial charge on any atom is -0.384 e. The van der Waals surface area contributed by atoms with E-state index < -0.39 is 5.60 Å². The van der Waals surface area contributed by atoms with Gasteiger partial charge in [-0.25, -0.2) is 0 Å².